The Kier molecular flexibility index (Phi) is 5.13. The second-order valence-electron chi connectivity index (χ2n) is 4.66. The van der Waals surface area contributed by atoms with Gasteiger partial charge in [-0.05, 0) is 42.0 Å². The molecule has 1 amide bonds. The van der Waals surface area contributed by atoms with Crippen LogP contribution in [0.5, 0.6) is 0 Å². The highest BCUT2D eigenvalue weighted by atomic mass is 79.9. The smallest absolute Gasteiger partial charge is 0.268 e. The lowest BCUT2D eigenvalue weighted by Gasteiger charge is -2.14. The molecule has 1 fully saturated rings. The Bertz CT molecular complexity index is 854. The Labute approximate surface area is 161 Å². The van der Waals surface area contributed by atoms with Crippen LogP contribution in [0.15, 0.2) is 51.8 Å². The molecule has 1 heterocycles. The summed E-state index contributed by atoms with van der Waals surface area (Å²) in [5.74, 6) is -0.163. The van der Waals surface area contributed by atoms with Gasteiger partial charge in [-0.1, -0.05) is 75.2 Å². The van der Waals surface area contributed by atoms with E-state index in [9.17, 15) is 4.79 Å². The number of hydrogen-bond acceptors (Lipinski definition) is 3. The van der Waals surface area contributed by atoms with Crippen molar-refractivity contribution in [3.8, 4) is 0 Å². The van der Waals surface area contributed by atoms with Crippen LogP contribution in [-0.4, -0.2) is 10.2 Å². The van der Waals surface area contributed by atoms with Gasteiger partial charge in [0.05, 0.1) is 10.6 Å². The first kappa shape index (κ1) is 17.0. The lowest BCUT2D eigenvalue weighted by molar-refractivity contribution is -0.113. The van der Waals surface area contributed by atoms with E-state index in [-0.39, 0.29) is 5.91 Å². The second kappa shape index (κ2) is 6.95. The van der Waals surface area contributed by atoms with Crippen molar-refractivity contribution < 1.29 is 4.79 Å². The predicted octanol–water partition coefficient (Wildman–Crippen LogP) is 6.16. The van der Waals surface area contributed by atoms with Crippen LogP contribution in [0.25, 0.3) is 6.08 Å². The summed E-state index contributed by atoms with van der Waals surface area (Å²) in [7, 11) is 0. The lowest BCUT2D eigenvalue weighted by atomic mass is 10.2. The van der Waals surface area contributed by atoms with Gasteiger partial charge in [0.25, 0.3) is 5.91 Å². The van der Waals surface area contributed by atoms with Crippen LogP contribution >= 0.6 is 63.1 Å². The van der Waals surface area contributed by atoms with Crippen molar-refractivity contribution in [2.45, 2.75) is 0 Å². The van der Waals surface area contributed by atoms with Crippen LogP contribution in [-0.2, 0) is 4.79 Å². The molecule has 0 bridgehead atoms. The van der Waals surface area contributed by atoms with E-state index in [0.29, 0.717) is 19.3 Å². The number of hydrogen-bond donors (Lipinski definition) is 0. The van der Waals surface area contributed by atoms with Crippen LogP contribution in [0.4, 0.5) is 5.69 Å². The summed E-state index contributed by atoms with van der Waals surface area (Å²) >= 11 is 22.1. The van der Waals surface area contributed by atoms with E-state index >= 15 is 0 Å². The summed E-state index contributed by atoms with van der Waals surface area (Å²) < 4.78 is 1.37. The van der Waals surface area contributed by atoms with Crippen molar-refractivity contribution in [1.82, 2.24) is 0 Å². The molecule has 0 spiro atoms. The summed E-state index contributed by atoms with van der Waals surface area (Å²) in [4.78, 5) is 14.7. The van der Waals surface area contributed by atoms with Gasteiger partial charge in [-0.2, -0.15) is 0 Å². The van der Waals surface area contributed by atoms with Crippen LogP contribution in [0, 0.1) is 0 Å². The molecule has 0 N–H and O–H groups in total. The Balaban J connectivity index is 1.96. The van der Waals surface area contributed by atoms with Crippen molar-refractivity contribution in [2.24, 2.45) is 0 Å². The average molecular weight is 445 g/mol. The number of halogens is 3. The molecule has 2 nitrogen and oxygen atoms in total. The van der Waals surface area contributed by atoms with Crippen molar-refractivity contribution >= 4 is 85.1 Å². The third-order valence-corrected chi connectivity index (χ3v) is 5.47. The Morgan fingerprint density at radius 1 is 1.17 bits per heavy atom. The molecule has 2 aromatic rings. The number of rotatable bonds is 2. The number of carbonyl (C=O) groups excluding carboxylic acids is 1. The molecule has 3 rings (SSSR count). The summed E-state index contributed by atoms with van der Waals surface area (Å²) in [6.45, 7) is 0. The van der Waals surface area contributed by atoms with Gasteiger partial charge in [0.15, 0.2) is 4.32 Å². The van der Waals surface area contributed by atoms with E-state index in [1.807, 2.05) is 24.3 Å². The number of anilines is 1. The van der Waals surface area contributed by atoms with Crippen molar-refractivity contribution in [3.05, 3.63) is 67.5 Å². The zero-order chi connectivity index (χ0) is 16.6. The van der Waals surface area contributed by atoms with E-state index < -0.39 is 0 Å². The Morgan fingerprint density at radius 3 is 2.65 bits per heavy atom. The number of amides is 1. The fourth-order valence-corrected chi connectivity index (χ4v) is 4.21. The first-order chi connectivity index (χ1) is 11.0. The molecule has 1 aliphatic heterocycles. The summed E-state index contributed by atoms with van der Waals surface area (Å²) in [5, 5.41) is 1.04. The molecule has 0 atom stereocenters. The Morgan fingerprint density at radius 2 is 1.96 bits per heavy atom. The van der Waals surface area contributed by atoms with Gasteiger partial charge in [-0.25, -0.2) is 0 Å². The number of nitrogens with zero attached hydrogens (tertiary/aromatic N) is 1. The highest BCUT2D eigenvalue weighted by Gasteiger charge is 2.33. The van der Waals surface area contributed by atoms with Crippen molar-refractivity contribution in [1.29, 1.82) is 0 Å². The van der Waals surface area contributed by atoms with Gasteiger partial charge in [0, 0.05) is 14.5 Å². The average Bonchev–Trinajstić information content (AvgIpc) is 2.76. The van der Waals surface area contributed by atoms with Crippen LogP contribution in [0.1, 0.15) is 5.56 Å². The molecule has 116 valence electrons. The number of thioether (sulfide) groups is 1. The minimum absolute atomic E-state index is 0.163. The van der Waals surface area contributed by atoms with E-state index in [0.717, 1.165) is 15.7 Å². The molecule has 0 saturated carbocycles. The van der Waals surface area contributed by atoms with E-state index in [2.05, 4.69) is 15.9 Å². The van der Waals surface area contributed by atoms with Gasteiger partial charge in [0.2, 0.25) is 0 Å². The minimum atomic E-state index is -0.163. The standard InChI is InChI=1S/C16H8BrCl2NOS2/c17-10-2-1-3-12(7-10)20-15(21)14(23-16(20)22)6-9-4-5-11(18)8-13(9)19/h1-8H/b14-6+. The summed E-state index contributed by atoms with van der Waals surface area (Å²) in [6.07, 6.45) is 1.73. The zero-order valence-electron chi connectivity index (χ0n) is 11.4. The molecule has 0 aromatic heterocycles. The SMILES string of the molecule is O=C1/C(=C\c2ccc(Cl)cc2Cl)SC(=S)N1c1cccc(Br)c1. The number of carbonyl (C=O) groups is 1. The fourth-order valence-electron chi connectivity index (χ4n) is 2.07. The number of benzene rings is 2. The quantitative estimate of drug-likeness (QED) is 0.408. The summed E-state index contributed by atoms with van der Waals surface area (Å²) in [6, 6.07) is 12.6. The summed E-state index contributed by atoms with van der Waals surface area (Å²) in [5.41, 5.74) is 1.46. The topological polar surface area (TPSA) is 20.3 Å². The maximum Gasteiger partial charge on any atom is 0.270 e. The molecule has 0 radical (unpaired) electrons. The highest BCUT2D eigenvalue weighted by Crippen LogP contribution is 2.37. The second-order valence-corrected chi connectivity index (χ2v) is 8.10. The van der Waals surface area contributed by atoms with Gasteiger partial charge in [-0.15, -0.1) is 0 Å². The molecule has 7 heteroatoms. The molecule has 2 aromatic carbocycles. The van der Waals surface area contributed by atoms with Gasteiger partial charge in [-0.3, -0.25) is 9.69 Å². The van der Waals surface area contributed by atoms with Gasteiger partial charge < -0.3 is 0 Å². The minimum Gasteiger partial charge on any atom is -0.268 e. The van der Waals surface area contributed by atoms with Gasteiger partial charge >= 0.3 is 0 Å². The van der Waals surface area contributed by atoms with Crippen LogP contribution < -0.4 is 4.90 Å². The maximum absolute atomic E-state index is 12.7. The van der Waals surface area contributed by atoms with E-state index in [4.69, 9.17) is 35.4 Å². The fraction of sp³-hybridized carbons (Fsp3) is 0. The van der Waals surface area contributed by atoms with Crippen molar-refractivity contribution in [2.75, 3.05) is 4.90 Å². The third kappa shape index (κ3) is 3.64. The van der Waals surface area contributed by atoms with E-state index in [1.54, 1.807) is 24.3 Å². The molecule has 1 saturated heterocycles. The van der Waals surface area contributed by atoms with Crippen molar-refractivity contribution in [3.63, 3.8) is 0 Å². The number of thiocarbonyl (C=S) groups is 1. The monoisotopic (exact) mass is 443 g/mol. The molecule has 0 aliphatic carbocycles. The maximum atomic E-state index is 12.7. The molecule has 23 heavy (non-hydrogen) atoms. The van der Waals surface area contributed by atoms with Crippen LogP contribution in [0.2, 0.25) is 10.0 Å². The molecule has 1 aliphatic rings. The van der Waals surface area contributed by atoms with E-state index in [1.165, 1.54) is 16.7 Å². The normalized spacial score (nSPS) is 16.5. The Hall–Kier alpha value is -0.850. The first-order valence-electron chi connectivity index (χ1n) is 6.44. The lowest BCUT2D eigenvalue weighted by Crippen LogP contribution is -2.27. The van der Waals surface area contributed by atoms with Crippen LogP contribution in [0.3, 0.4) is 0 Å². The molecular weight excluding hydrogens is 437 g/mol. The third-order valence-electron chi connectivity index (χ3n) is 3.11. The molecular formula is C16H8BrCl2NOS2. The zero-order valence-corrected chi connectivity index (χ0v) is 16.2. The first-order valence-corrected chi connectivity index (χ1v) is 9.21. The van der Waals surface area contributed by atoms with Gasteiger partial charge in [0.1, 0.15) is 0 Å². The predicted molar refractivity (Wildman–Crippen MR) is 106 cm³/mol. The highest BCUT2D eigenvalue weighted by molar-refractivity contribution is 9.10. The molecule has 0 unspecified atom stereocenters. The largest absolute Gasteiger partial charge is 0.270 e.